The number of hydrogen-bond acceptors (Lipinski definition) is 8. The SMILES string of the molecule is COc1cc2nc(N(C)CCCNC(=O)C3CCCO3)ncc2c(N)c1OC. The Morgan fingerprint density at radius 1 is 1.43 bits per heavy atom. The minimum atomic E-state index is -0.293. The minimum Gasteiger partial charge on any atom is -0.493 e. The Morgan fingerprint density at radius 2 is 2.25 bits per heavy atom. The molecule has 1 aromatic carbocycles. The molecule has 2 aromatic rings. The van der Waals surface area contributed by atoms with Gasteiger partial charge in [0.2, 0.25) is 11.9 Å². The zero-order valence-electron chi connectivity index (χ0n) is 16.5. The number of anilines is 2. The van der Waals surface area contributed by atoms with Crippen molar-refractivity contribution in [1.82, 2.24) is 15.3 Å². The number of nitrogens with two attached hydrogens (primary N) is 1. The summed E-state index contributed by atoms with van der Waals surface area (Å²) in [5, 5.41) is 3.62. The van der Waals surface area contributed by atoms with E-state index in [1.807, 2.05) is 11.9 Å². The van der Waals surface area contributed by atoms with Gasteiger partial charge in [-0.25, -0.2) is 9.97 Å². The molecule has 0 bridgehead atoms. The van der Waals surface area contributed by atoms with Gasteiger partial charge in [-0.1, -0.05) is 0 Å². The fourth-order valence-corrected chi connectivity index (χ4v) is 3.22. The van der Waals surface area contributed by atoms with E-state index in [-0.39, 0.29) is 12.0 Å². The monoisotopic (exact) mass is 389 g/mol. The van der Waals surface area contributed by atoms with Crippen LogP contribution in [0.15, 0.2) is 12.3 Å². The summed E-state index contributed by atoms with van der Waals surface area (Å²) in [6, 6.07) is 1.78. The van der Waals surface area contributed by atoms with E-state index in [0.717, 1.165) is 19.3 Å². The Morgan fingerprint density at radius 3 is 2.93 bits per heavy atom. The number of methoxy groups -OCH3 is 2. The Labute approximate surface area is 164 Å². The molecule has 1 amide bonds. The van der Waals surface area contributed by atoms with Gasteiger partial charge in [0, 0.05) is 44.4 Å². The number of fused-ring (bicyclic) bond motifs is 1. The fourth-order valence-electron chi connectivity index (χ4n) is 3.22. The van der Waals surface area contributed by atoms with Gasteiger partial charge in [-0.05, 0) is 19.3 Å². The molecule has 28 heavy (non-hydrogen) atoms. The van der Waals surface area contributed by atoms with Gasteiger partial charge >= 0.3 is 0 Å². The summed E-state index contributed by atoms with van der Waals surface area (Å²) in [6.07, 6.45) is 3.91. The lowest BCUT2D eigenvalue weighted by Gasteiger charge is -2.19. The van der Waals surface area contributed by atoms with Crippen molar-refractivity contribution in [2.45, 2.75) is 25.4 Å². The summed E-state index contributed by atoms with van der Waals surface area (Å²) >= 11 is 0. The molecule has 1 unspecified atom stereocenters. The minimum absolute atomic E-state index is 0.0291. The number of hydrogen-bond donors (Lipinski definition) is 2. The molecule has 0 aliphatic carbocycles. The molecule has 1 aromatic heterocycles. The van der Waals surface area contributed by atoms with Gasteiger partial charge in [0.25, 0.3) is 0 Å². The second-order valence-corrected chi connectivity index (χ2v) is 6.70. The highest BCUT2D eigenvalue weighted by atomic mass is 16.5. The lowest BCUT2D eigenvalue weighted by Crippen LogP contribution is -2.36. The highest BCUT2D eigenvalue weighted by molar-refractivity contribution is 5.95. The van der Waals surface area contributed by atoms with E-state index in [1.54, 1.807) is 26.5 Å². The predicted molar refractivity (Wildman–Crippen MR) is 107 cm³/mol. The topological polar surface area (TPSA) is 112 Å². The van der Waals surface area contributed by atoms with Crippen LogP contribution >= 0.6 is 0 Å². The lowest BCUT2D eigenvalue weighted by atomic mass is 10.2. The summed E-state index contributed by atoms with van der Waals surface area (Å²) in [4.78, 5) is 22.9. The van der Waals surface area contributed by atoms with Crippen LogP contribution in [0.25, 0.3) is 10.9 Å². The number of nitrogens with one attached hydrogen (secondary N) is 1. The Balaban J connectivity index is 1.61. The van der Waals surface area contributed by atoms with Crippen molar-refractivity contribution in [2.75, 3.05) is 51.6 Å². The van der Waals surface area contributed by atoms with Crippen LogP contribution in [-0.4, -0.2) is 62.9 Å². The number of ether oxygens (including phenoxy) is 3. The standard InChI is InChI=1S/C19H27N5O4/c1-24(8-5-7-21-18(25)14-6-4-9-28-14)19-22-11-12-13(23-19)10-15(26-2)17(27-3)16(12)20/h10-11,14H,4-9,20H2,1-3H3,(H,21,25). The molecule has 1 atom stereocenters. The zero-order chi connectivity index (χ0) is 20.1. The molecule has 152 valence electrons. The molecule has 3 N–H and O–H groups in total. The van der Waals surface area contributed by atoms with Crippen LogP contribution in [-0.2, 0) is 9.53 Å². The number of amides is 1. The number of rotatable bonds is 8. The number of carbonyl (C=O) groups excluding carboxylic acids is 1. The van der Waals surface area contributed by atoms with Crippen LogP contribution in [0.4, 0.5) is 11.6 Å². The van der Waals surface area contributed by atoms with Crippen LogP contribution in [0, 0.1) is 0 Å². The summed E-state index contributed by atoms with van der Waals surface area (Å²) in [5.41, 5.74) is 7.29. The van der Waals surface area contributed by atoms with E-state index >= 15 is 0 Å². The summed E-state index contributed by atoms with van der Waals surface area (Å²) in [5.74, 6) is 1.54. The Hall–Kier alpha value is -2.81. The molecule has 0 radical (unpaired) electrons. The average molecular weight is 389 g/mol. The van der Waals surface area contributed by atoms with Crippen molar-refractivity contribution >= 4 is 28.4 Å². The summed E-state index contributed by atoms with van der Waals surface area (Å²) < 4.78 is 16.0. The van der Waals surface area contributed by atoms with Gasteiger partial charge in [-0.15, -0.1) is 0 Å². The molecule has 9 heteroatoms. The molecule has 1 fully saturated rings. The lowest BCUT2D eigenvalue weighted by molar-refractivity contribution is -0.130. The third-order valence-electron chi connectivity index (χ3n) is 4.79. The Bertz CT molecular complexity index is 839. The third kappa shape index (κ3) is 4.19. The first-order valence-electron chi connectivity index (χ1n) is 9.32. The third-order valence-corrected chi connectivity index (χ3v) is 4.79. The van der Waals surface area contributed by atoms with Gasteiger partial charge in [-0.2, -0.15) is 0 Å². The largest absolute Gasteiger partial charge is 0.493 e. The average Bonchev–Trinajstić information content (AvgIpc) is 3.25. The molecule has 3 rings (SSSR count). The number of nitrogen functional groups attached to an aromatic ring is 1. The van der Waals surface area contributed by atoms with Gasteiger partial charge < -0.3 is 30.2 Å². The van der Waals surface area contributed by atoms with E-state index in [9.17, 15) is 4.79 Å². The van der Waals surface area contributed by atoms with Crippen LogP contribution in [0.2, 0.25) is 0 Å². The number of nitrogens with zero attached hydrogens (tertiary/aromatic N) is 3. The molecule has 0 saturated carbocycles. The first-order chi connectivity index (χ1) is 13.5. The first-order valence-corrected chi connectivity index (χ1v) is 9.32. The quantitative estimate of drug-likeness (QED) is 0.514. The Kier molecular flexibility index (Phi) is 6.35. The smallest absolute Gasteiger partial charge is 0.249 e. The molecular formula is C19H27N5O4. The van der Waals surface area contributed by atoms with E-state index < -0.39 is 0 Å². The molecule has 2 heterocycles. The maximum Gasteiger partial charge on any atom is 0.249 e. The van der Waals surface area contributed by atoms with Crippen LogP contribution in [0.1, 0.15) is 19.3 Å². The van der Waals surface area contributed by atoms with Gasteiger partial charge in [-0.3, -0.25) is 4.79 Å². The maximum atomic E-state index is 11.9. The first kappa shape index (κ1) is 19.9. The molecule has 1 saturated heterocycles. The van der Waals surface area contributed by atoms with Crippen molar-refractivity contribution in [2.24, 2.45) is 0 Å². The van der Waals surface area contributed by atoms with E-state index in [2.05, 4.69) is 15.3 Å². The highest BCUT2D eigenvalue weighted by Crippen LogP contribution is 2.38. The van der Waals surface area contributed by atoms with E-state index in [0.29, 0.717) is 53.7 Å². The van der Waals surface area contributed by atoms with Crippen LogP contribution in [0.5, 0.6) is 11.5 Å². The number of benzene rings is 1. The molecule has 9 nitrogen and oxygen atoms in total. The second-order valence-electron chi connectivity index (χ2n) is 6.70. The van der Waals surface area contributed by atoms with Crippen molar-refractivity contribution in [3.8, 4) is 11.5 Å². The van der Waals surface area contributed by atoms with Gasteiger partial charge in [0.1, 0.15) is 6.10 Å². The van der Waals surface area contributed by atoms with Gasteiger partial charge in [0.05, 0.1) is 25.4 Å². The number of carbonyl (C=O) groups is 1. The zero-order valence-corrected chi connectivity index (χ0v) is 16.5. The van der Waals surface area contributed by atoms with Crippen LogP contribution < -0.4 is 25.4 Å². The summed E-state index contributed by atoms with van der Waals surface area (Å²) in [6.45, 7) is 1.94. The highest BCUT2D eigenvalue weighted by Gasteiger charge is 2.23. The van der Waals surface area contributed by atoms with Crippen molar-refractivity contribution in [1.29, 1.82) is 0 Å². The molecule has 1 aliphatic rings. The van der Waals surface area contributed by atoms with Gasteiger partial charge in [0.15, 0.2) is 11.5 Å². The molecular weight excluding hydrogens is 362 g/mol. The number of aromatic nitrogens is 2. The molecule has 0 spiro atoms. The van der Waals surface area contributed by atoms with E-state index in [1.165, 1.54) is 0 Å². The van der Waals surface area contributed by atoms with Crippen molar-refractivity contribution in [3.05, 3.63) is 12.3 Å². The second kappa shape index (κ2) is 8.92. The maximum absolute atomic E-state index is 11.9. The fraction of sp³-hybridized carbons (Fsp3) is 0.526. The van der Waals surface area contributed by atoms with E-state index in [4.69, 9.17) is 19.9 Å². The van der Waals surface area contributed by atoms with Crippen LogP contribution in [0.3, 0.4) is 0 Å². The summed E-state index contributed by atoms with van der Waals surface area (Å²) in [7, 11) is 5.01. The predicted octanol–water partition coefficient (Wildman–Crippen LogP) is 1.35. The normalized spacial score (nSPS) is 16.2. The van der Waals surface area contributed by atoms with Crippen molar-refractivity contribution < 1.29 is 19.0 Å². The van der Waals surface area contributed by atoms with Crippen molar-refractivity contribution in [3.63, 3.8) is 0 Å². The molecule has 1 aliphatic heterocycles.